The highest BCUT2D eigenvalue weighted by Gasteiger charge is 2.16. The summed E-state index contributed by atoms with van der Waals surface area (Å²) in [6.07, 6.45) is 2.95. The van der Waals surface area contributed by atoms with Crippen LogP contribution >= 0.6 is 22.9 Å². The Morgan fingerprint density at radius 1 is 1.17 bits per heavy atom. The topological polar surface area (TPSA) is 73.9 Å². The standard InChI is InChI=1S/C21H16ClNO5S/c22-19-14-3-1-2-4-17(14)29-20(19)21(25)23-9-10-26-18(24)8-6-13-5-7-15-16(11-13)28-12-27-15/h1-8,11H,9-10,12H2,(H,23,25)/b8-6+. The molecule has 0 saturated carbocycles. The smallest absolute Gasteiger partial charge is 0.330 e. The van der Waals surface area contributed by atoms with E-state index in [0.717, 1.165) is 15.6 Å². The van der Waals surface area contributed by atoms with Gasteiger partial charge in [-0.15, -0.1) is 11.3 Å². The third-order valence-electron chi connectivity index (χ3n) is 4.18. The van der Waals surface area contributed by atoms with Crippen molar-refractivity contribution in [3.05, 3.63) is 64.0 Å². The molecule has 1 aliphatic rings. The van der Waals surface area contributed by atoms with E-state index in [9.17, 15) is 9.59 Å². The summed E-state index contributed by atoms with van der Waals surface area (Å²) in [5.41, 5.74) is 0.791. The first-order valence-corrected chi connectivity index (χ1v) is 10.0. The average Bonchev–Trinajstić information content (AvgIpc) is 3.34. The first-order chi connectivity index (χ1) is 14.1. The second-order valence-corrected chi connectivity index (χ2v) is 7.54. The molecule has 0 spiro atoms. The molecule has 2 aromatic carbocycles. The number of esters is 1. The van der Waals surface area contributed by atoms with Gasteiger partial charge in [-0.3, -0.25) is 4.79 Å². The minimum Gasteiger partial charge on any atom is -0.461 e. The van der Waals surface area contributed by atoms with E-state index in [0.29, 0.717) is 21.4 Å². The fraction of sp³-hybridized carbons (Fsp3) is 0.143. The van der Waals surface area contributed by atoms with Crippen molar-refractivity contribution in [3.63, 3.8) is 0 Å². The lowest BCUT2D eigenvalue weighted by Gasteiger charge is -2.04. The van der Waals surface area contributed by atoms with Crippen molar-refractivity contribution in [2.45, 2.75) is 0 Å². The van der Waals surface area contributed by atoms with E-state index < -0.39 is 5.97 Å². The Kier molecular flexibility index (Phi) is 5.69. The molecule has 29 heavy (non-hydrogen) atoms. The SMILES string of the molecule is O=C(/C=C/c1ccc2c(c1)OCO2)OCCNC(=O)c1sc2ccccc2c1Cl. The van der Waals surface area contributed by atoms with E-state index >= 15 is 0 Å². The van der Waals surface area contributed by atoms with Crippen molar-refractivity contribution >= 4 is 51.0 Å². The Balaban J connectivity index is 1.25. The Bertz CT molecular complexity index is 1110. The monoisotopic (exact) mass is 429 g/mol. The van der Waals surface area contributed by atoms with Gasteiger partial charge in [0.05, 0.1) is 11.6 Å². The zero-order valence-electron chi connectivity index (χ0n) is 15.1. The van der Waals surface area contributed by atoms with Crippen LogP contribution in [0, 0.1) is 0 Å². The molecule has 3 aromatic rings. The maximum Gasteiger partial charge on any atom is 0.330 e. The van der Waals surface area contributed by atoms with E-state index in [2.05, 4.69) is 5.32 Å². The molecule has 2 heterocycles. The van der Waals surface area contributed by atoms with Crippen LogP contribution in [-0.2, 0) is 9.53 Å². The van der Waals surface area contributed by atoms with Crippen molar-refractivity contribution < 1.29 is 23.8 Å². The average molecular weight is 430 g/mol. The van der Waals surface area contributed by atoms with Crippen LogP contribution in [0.3, 0.4) is 0 Å². The van der Waals surface area contributed by atoms with Crippen LogP contribution in [0.4, 0.5) is 0 Å². The van der Waals surface area contributed by atoms with Crippen LogP contribution < -0.4 is 14.8 Å². The summed E-state index contributed by atoms with van der Waals surface area (Å²) in [5.74, 6) is 0.530. The molecule has 0 saturated heterocycles. The quantitative estimate of drug-likeness (QED) is 0.360. The van der Waals surface area contributed by atoms with Gasteiger partial charge in [-0.25, -0.2) is 4.79 Å². The molecule has 0 bridgehead atoms. The highest BCUT2D eigenvalue weighted by Crippen LogP contribution is 2.35. The van der Waals surface area contributed by atoms with Gasteiger partial charge in [-0.2, -0.15) is 0 Å². The van der Waals surface area contributed by atoms with E-state index in [-0.39, 0.29) is 25.9 Å². The van der Waals surface area contributed by atoms with E-state index in [4.69, 9.17) is 25.8 Å². The summed E-state index contributed by atoms with van der Waals surface area (Å²) in [6, 6.07) is 12.9. The predicted octanol–water partition coefficient (Wildman–Crippen LogP) is 4.27. The van der Waals surface area contributed by atoms with Gasteiger partial charge in [-0.05, 0) is 29.8 Å². The summed E-state index contributed by atoms with van der Waals surface area (Å²) >= 11 is 7.62. The third-order valence-corrected chi connectivity index (χ3v) is 5.86. The zero-order valence-corrected chi connectivity index (χ0v) is 16.7. The fourth-order valence-electron chi connectivity index (χ4n) is 2.79. The van der Waals surface area contributed by atoms with Crippen molar-refractivity contribution in [2.24, 2.45) is 0 Å². The number of carbonyl (C=O) groups excluding carboxylic acids is 2. The normalized spacial score (nSPS) is 12.4. The zero-order chi connectivity index (χ0) is 20.2. The van der Waals surface area contributed by atoms with Crippen molar-refractivity contribution in [2.75, 3.05) is 19.9 Å². The fourth-order valence-corrected chi connectivity index (χ4v) is 4.22. The number of nitrogens with one attached hydrogen (secondary N) is 1. The summed E-state index contributed by atoms with van der Waals surface area (Å²) < 4.78 is 16.6. The Morgan fingerprint density at radius 3 is 2.86 bits per heavy atom. The van der Waals surface area contributed by atoms with Crippen LogP contribution in [0.25, 0.3) is 16.2 Å². The number of ether oxygens (including phenoxy) is 3. The number of rotatable bonds is 6. The minimum absolute atomic E-state index is 0.0541. The van der Waals surface area contributed by atoms with E-state index in [1.165, 1.54) is 17.4 Å². The molecule has 0 aliphatic carbocycles. The molecular weight excluding hydrogens is 414 g/mol. The molecular formula is C21H16ClNO5S. The number of amides is 1. The molecule has 1 aliphatic heterocycles. The van der Waals surface area contributed by atoms with Crippen LogP contribution in [0.2, 0.25) is 5.02 Å². The van der Waals surface area contributed by atoms with Gasteiger partial charge < -0.3 is 19.5 Å². The molecule has 6 nitrogen and oxygen atoms in total. The second-order valence-electron chi connectivity index (χ2n) is 6.11. The summed E-state index contributed by atoms with van der Waals surface area (Å²) in [4.78, 5) is 24.6. The Hall–Kier alpha value is -3.03. The molecule has 0 unspecified atom stereocenters. The largest absolute Gasteiger partial charge is 0.461 e. The number of benzene rings is 2. The summed E-state index contributed by atoms with van der Waals surface area (Å²) in [6.45, 7) is 0.439. The van der Waals surface area contributed by atoms with Crippen LogP contribution in [0.15, 0.2) is 48.5 Å². The molecule has 0 radical (unpaired) electrons. The molecule has 0 atom stereocenters. The van der Waals surface area contributed by atoms with Crippen LogP contribution in [0.5, 0.6) is 11.5 Å². The lowest BCUT2D eigenvalue weighted by molar-refractivity contribution is -0.137. The molecule has 1 N–H and O–H groups in total. The third kappa shape index (κ3) is 4.36. The number of carbonyl (C=O) groups is 2. The lowest BCUT2D eigenvalue weighted by atomic mass is 10.2. The highest BCUT2D eigenvalue weighted by molar-refractivity contribution is 7.21. The van der Waals surface area contributed by atoms with E-state index in [1.807, 2.05) is 30.3 Å². The van der Waals surface area contributed by atoms with Gasteiger partial charge in [0, 0.05) is 16.2 Å². The van der Waals surface area contributed by atoms with Crippen LogP contribution in [0.1, 0.15) is 15.2 Å². The van der Waals surface area contributed by atoms with Gasteiger partial charge in [0.25, 0.3) is 5.91 Å². The molecule has 4 rings (SSSR count). The first kappa shape index (κ1) is 19.3. The Morgan fingerprint density at radius 2 is 2.00 bits per heavy atom. The minimum atomic E-state index is -0.503. The van der Waals surface area contributed by atoms with Gasteiger partial charge >= 0.3 is 5.97 Å². The summed E-state index contributed by atoms with van der Waals surface area (Å²) in [5, 5.41) is 4.00. The van der Waals surface area contributed by atoms with Crippen molar-refractivity contribution in [1.29, 1.82) is 0 Å². The molecule has 8 heteroatoms. The number of hydrogen-bond donors (Lipinski definition) is 1. The second kappa shape index (κ2) is 8.55. The predicted molar refractivity (Wildman–Crippen MR) is 112 cm³/mol. The van der Waals surface area contributed by atoms with Crippen molar-refractivity contribution in [1.82, 2.24) is 5.32 Å². The van der Waals surface area contributed by atoms with Gasteiger partial charge in [0.2, 0.25) is 6.79 Å². The van der Waals surface area contributed by atoms with Gasteiger partial charge in [0.15, 0.2) is 11.5 Å². The lowest BCUT2D eigenvalue weighted by Crippen LogP contribution is -2.27. The molecule has 1 aromatic heterocycles. The summed E-state index contributed by atoms with van der Waals surface area (Å²) in [7, 11) is 0. The Labute approximate surface area is 175 Å². The molecule has 0 fully saturated rings. The number of fused-ring (bicyclic) bond motifs is 2. The first-order valence-electron chi connectivity index (χ1n) is 8.81. The van der Waals surface area contributed by atoms with Gasteiger partial charge in [0.1, 0.15) is 11.5 Å². The maximum absolute atomic E-state index is 12.3. The van der Waals surface area contributed by atoms with Crippen LogP contribution in [-0.4, -0.2) is 31.8 Å². The van der Waals surface area contributed by atoms with E-state index in [1.54, 1.807) is 18.2 Å². The number of hydrogen-bond acceptors (Lipinski definition) is 6. The van der Waals surface area contributed by atoms with Gasteiger partial charge in [-0.1, -0.05) is 35.9 Å². The molecule has 148 valence electrons. The number of thiophene rings is 1. The molecule has 1 amide bonds. The van der Waals surface area contributed by atoms with Crippen molar-refractivity contribution in [3.8, 4) is 11.5 Å². The highest BCUT2D eigenvalue weighted by atomic mass is 35.5. The maximum atomic E-state index is 12.3. The number of halogens is 1.